The predicted molar refractivity (Wildman–Crippen MR) is 102 cm³/mol. The lowest BCUT2D eigenvalue weighted by atomic mass is 10.2. The Hall–Kier alpha value is -3.16. The van der Waals surface area contributed by atoms with Gasteiger partial charge in [0.1, 0.15) is 5.69 Å². The van der Waals surface area contributed by atoms with Crippen LogP contribution < -0.4 is 10.2 Å². The minimum absolute atomic E-state index is 0.140. The Balaban J connectivity index is 1.64. The fourth-order valence-corrected chi connectivity index (χ4v) is 3.02. The van der Waals surface area contributed by atoms with Crippen molar-refractivity contribution in [2.24, 2.45) is 0 Å². The van der Waals surface area contributed by atoms with Crippen molar-refractivity contribution in [2.45, 2.75) is 6.92 Å². The highest BCUT2D eigenvalue weighted by molar-refractivity contribution is 5.94. The first-order chi connectivity index (χ1) is 13.1. The lowest BCUT2D eigenvalue weighted by Gasteiger charge is -2.36. The van der Waals surface area contributed by atoms with Gasteiger partial charge in [0, 0.05) is 45.1 Å². The van der Waals surface area contributed by atoms with Crippen molar-refractivity contribution >= 4 is 23.4 Å². The van der Waals surface area contributed by atoms with Gasteiger partial charge in [-0.3, -0.25) is 9.78 Å². The quantitative estimate of drug-likeness (QED) is 0.802. The minimum atomic E-state index is -0.470. The summed E-state index contributed by atoms with van der Waals surface area (Å²) in [4.78, 5) is 36.7. The lowest BCUT2D eigenvalue weighted by molar-refractivity contribution is 0.0599. The average molecular weight is 369 g/mol. The summed E-state index contributed by atoms with van der Waals surface area (Å²) in [7, 11) is 1.31. The largest absolute Gasteiger partial charge is 0.465 e. The van der Waals surface area contributed by atoms with Crippen LogP contribution in [0.4, 0.5) is 11.5 Å². The maximum Gasteiger partial charge on any atom is 0.339 e. The van der Waals surface area contributed by atoms with Crippen LogP contribution >= 0.6 is 0 Å². The first-order valence-electron chi connectivity index (χ1n) is 8.91. The third kappa shape index (κ3) is 4.16. The number of anilines is 2. The molecule has 1 fully saturated rings. The maximum atomic E-state index is 12.7. The van der Waals surface area contributed by atoms with E-state index in [4.69, 9.17) is 0 Å². The zero-order chi connectivity index (χ0) is 19.2. The number of esters is 1. The molecular weight excluding hydrogens is 346 g/mol. The molecule has 0 bridgehead atoms. The van der Waals surface area contributed by atoms with Crippen molar-refractivity contribution in [3.63, 3.8) is 0 Å². The van der Waals surface area contributed by atoms with Crippen LogP contribution in [-0.2, 0) is 4.74 Å². The SMILES string of the molecule is CCNc1cccnc1N1CCN(C(=O)c2ccc(C(=O)OC)cn2)CC1. The number of amides is 1. The van der Waals surface area contributed by atoms with E-state index in [-0.39, 0.29) is 5.91 Å². The highest BCUT2D eigenvalue weighted by Gasteiger charge is 2.25. The maximum absolute atomic E-state index is 12.7. The van der Waals surface area contributed by atoms with Crippen molar-refractivity contribution in [3.8, 4) is 0 Å². The Kier molecular flexibility index (Phi) is 5.85. The van der Waals surface area contributed by atoms with Crippen molar-refractivity contribution in [2.75, 3.05) is 50.1 Å². The highest BCUT2D eigenvalue weighted by atomic mass is 16.5. The Morgan fingerprint density at radius 1 is 1.15 bits per heavy atom. The van der Waals surface area contributed by atoms with E-state index in [0.717, 1.165) is 18.1 Å². The van der Waals surface area contributed by atoms with E-state index in [9.17, 15) is 9.59 Å². The number of nitrogens with one attached hydrogen (secondary N) is 1. The van der Waals surface area contributed by atoms with Crippen LogP contribution in [0.25, 0.3) is 0 Å². The normalized spacial score (nSPS) is 14.0. The Bertz CT molecular complexity index is 801. The number of carbonyl (C=O) groups excluding carboxylic acids is 2. The molecule has 3 heterocycles. The number of hydrogen-bond donors (Lipinski definition) is 1. The Morgan fingerprint density at radius 3 is 2.56 bits per heavy atom. The summed E-state index contributed by atoms with van der Waals surface area (Å²) in [6, 6.07) is 7.03. The fourth-order valence-electron chi connectivity index (χ4n) is 3.02. The van der Waals surface area contributed by atoms with Gasteiger partial charge >= 0.3 is 5.97 Å². The van der Waals surface area contributed by atoms with E-state index >= 15 is 0 Å². The number of hydrogen-bond acceptors (Lipinski definition) is 7. The van der Waals surface area contributed by atoms with Gasteiger partial charge in [-0.1, -0.05) is 0 Å². The number of pyridine rings is 2. The molecule has 1 aliphatic rings. The Morgan fingerprint density at radius 2 is 1.93 bits per heavy atom. The number of methoxy groups -OCH3 is 1. The second-order valence-electron chi connectivity index (χ2n) is 6.11. The van der Waals surface area contributed by atoms with Crippen molar-refractivity contribution in [1.82, 2.24) is 14.9 Å². The molecule has 0 aromatic carbocycles. The smallest absolute Gasteiger partial charge is 0.339 e. The molecule has 1 aliphatic heterocycles. The first kappa shape index (κ1) is 18.6. The van der Waals surface area contributed by atoms with E-state index < -0.39 is 5.97 Å². The summed E-state index contributed by atoms with van der Waals surface area (Å²) in [6.45, 7) is 5.43. The second-order valence-corrected chi connectivity index (χ2v) is 6.11. The van der Waals surface area contributed by atoms with E-state index in [0.29, 0.717) is 37.4 Å². The molecule has 27 heavy (non-hydrogen) atoms. The van der Waals surface area contributed by atoms with Crippen LogP contribution in [0.5, 0.6) is 0 Å². The lowest BCUT2D eigenvalue weighted by Crippen LogP contribution is -2.49. The third-order valence-electron chi connectivity index (χ3n) is 4.42. The first-order valence-corrected chi connectivity index (χ1v) is 8.91. The molecule has 0 spiro atoms. The zero-order valence-corrected chi connectivity index (χ0v) is 15.5. The number of nitrogens with zero attached hydrogens (tertiary/aromatic N) is 4. The molecule has 2 aromatic rings. The van der Waals surface area contributed by atoms with Gasteiger partial charge in [0.05, 0.1) is 18.4 Å². The number of piperazine rings is 1. The molecule has 1 amide bonds. The minimum Gasteiger partial charge on any atom is -0.465 e. The average Bonchev–Trinajstić information content (AvgIpc) is 2.73. The molecule has 0 atom stereocenters. The molecule has 8 nitrogen and oxygen atoms in total. The second kappa shape index (κ2) is 8.48. The van der Waals surface area contributed by atoms with E-state index in [1.807, 2.05) is 19.1 Å². The van der Waals surface area contributed by atoms with Gasteiger partial charge in [0.2, 0.25) is 0 Å². The van der Waals surface area contributed by atoms with Gasteiger partial charge in [-0.05, 0) is 31.2 Å². The van der Waals surface area contributed by atoms with Gasteiger partial charge in [-0.2, -0.15) is 0 Å². The topological polar surface area (TPSA) is 87.7 Å². The summed E-state index contributed by atoms with van der Waals surface area (Å²) in [5.41, 5.74) is 1.65. The highest BCUT2D eigenvalue weighted by Crippen LogP contribution is 2.24. The van der Waals surface area contributed by atoms with Crippen LogP contribution in [0.2, 0.25) is 0 Å². The summed E-state index contributed by atoms with van der Waals surface area (Å²) in [5, 5.41) is 3.32. The molecular formula is C19H23N5O3. The molecule has 0 unspecified atom stereocenters. The number of rotatable bonds is 5. The number of aromatic nitrogens is 2. The fraction of sp³-hybridized carbons (Fsp3) is 0.368. The van der Waals surface area contributed by atoms with Crippen LogP contribution in [0.1, 0.15) is 27.8 Å². The van der Waals surface area contributed by atoms with E-state index in [2.05, 4.69) is 24.9 Å². The van der Waals surface area contributed by atoms with Gasteiger partial charge in [0.25, 0.3) is 5.91 Å². The summed E-state index contributed by atoms with van der Waals surface area (Å²) in [6.07, 6.45) is 3.15. The van der Waals surface area contributed by atoms with Crippen LogP contribution in [0, 0.1) is 0 Å². The van der Waals surface area contributed by atoms with Crippen LogP contribution in [0.15, 0.2) is 36.7 Å². The van der Waals surface area contributed by atoms with E-state index in [1.54, 1.807) is 23.2 Å². The van der Waals surface area contributed by atoms with Crippen LogP contribution in [-0.4, -0.2) is 66.6 Å². The molecule has 8 heteroatoms. The van der Waals surface area contributed by atoms with Crippen molar-refractivity contribution in [3.05, 3.63) is 47.9 Å². The van der Waals surface area contributed by atoms with Gasteiger partial charge < -0.3 is 19.9 Å². The molecule has 0 radical (unpaired) electrons. The predicted octanol–water partition coefficient (Wildman–Crippen LogP) is 1.66. The summed E-state index contributed by atoms with van der Waals surface area (Å²) >= 11 is 0. The zero-order valence-electron chi connectivity index (χ0n) is 15.5. The van der Waals surface area contributed by atoms with E-state index in [1.165, 1.54) is 13.3 Å². The van der Waals surface area contributed by atoms with Gasteiger partial charge in [-0.25, -0.2) is 9.78 Å². The monoisotopic (exact) mass is 369 g/mol. The molecule has 0 aliphatic carbocycles. The standard InChI is InChI=1S/C19H23N5O3/c1-3-20-15-5-4-8-21-17(15)23-9-11-24(12-10-23)18(25)16-7-6-14(13-22-16)19(26)27-2/h4-8,13,20H,3,9-12H2,1-2H3. The number of carbonyl (C=O) groups is 2. The molecule has 3 rings (SSSR count). The van der Waals surface area contributed by atoms with Crippen molar-refractivity contribution < 1.29 is 14.3 Å². The molecule has 2 aromatic heterocycles. The van der Waals surface area contributed by atoms with Crippen molar-refractivity contribution in [1.29, 1.82) is 0 Å². The summed E-state index contributed by atoms with van der Waals surface area (Å²) in [5.74, 6) is 0.299. The molecule has 1 N–H and O–H groups in total. The van der Waals surface area contributed by atoms with Crippen LogP contribution in [0.3, 0.4) is 0 Å². The van der Waals surface area contributed by atoms with Gasteiger partial charge in [0.15, 0.2) is 5.82 Å². The van der Waals surface area contributed by atoms with Gasteiger partial charge in [-0.15, -0.1) is 0 Å². The molecule has 142 valence electrons. The Labute approximate surface area is 158 Å². The third-order valence-corrected chi connectivity index (χ3v) is 4.42. The molecule has 0 saturated carbocycles. The molecule has 1 saturated heterocycles. The number of ether oxygens (including phenoxy) is 1. The summed E-state index contributed by atoms with van der Waals surface area (Å²) < 4.78 is 4.64.